The summed E-state index contributed by atoms with van der Waals surface area (Å²) < 4.78 is 37.9. The summed E-state index contributed by atoms with van der Waals surface area (Å²) in [7, 11) is 3.56. The number of hydrogen-bond acceptors (Lipinski definition) is 7. The molecule has 188 valence electrons. The number of methoxy groups -OCH3 is 1. The molecule has 0 amide bonds. The fourth-order valence-electron chi connectivity index (χ4n) is 4.05. The lowest BCUT2D eigenvalue weighted by Crippen LogP contribution is -2.17. The Bertz CT molecular complexity index is 1100. The van der Waals surface area contributed by atoms with Crippen molar-refractivity contribution < 1.29 is 23.3 Å². The number of nitrogens with one attached hydrogen (secondary N) is 2. The van der Waals surface area contributed by atoms with E-state index in [9.17, 15) is 4.39 Å². The van der Waals surface area contributed by atoms with E-state index in [1.807, 2.05) is 29.9 Å². The van der Waals surface area contributed by atoms with Gasteiger partial charge in [-0.25, -0.2) is 4.39 Å². The van der Waals surface area contributed by atoms with E-state index in [1.165, 1.54) is 17.7 Å². The number of rotatable bonds is 15. The second-order valence-corrected chi connectivity index (χ2v) is 8.17. The second-order valence-electron chi connectivity index (χ2n) is 8.17. The van der Waals surface area contributed by atoms with Gasteiger partial charge in [0.1, 0.15) is 11.6 Å². The lowest BCUT2D eigenvalue weighted by atomic mass is 10.1. The molecule has 0 aliphatic heterocycles. The van der Waals surface area contributed by atoms with Crippen LogP contribution in [0.3, 0.4) is 0 Å². The third-order valence-electron chi connectivity index (χ3n) is 5.77. The molecule has 9 heteroatoms. The molecule has 1 aliphatic rings. The quantitative estimate of drug-likeness (QED) is 0.250. The van der Waals surface area contributed by atoms with E-state index >= 15 is 0 Å². The lowest BCUT2D eigenvalue weighted by Gasteiger charge is -2.10. The maximum absolute atomic E-state index is 13.7. The van der Waals surface area contributed by atoms with E-state index in [-0.39, 0.29) is 5.82 Å². The van der Waals surface area contributed by atoms with Gasteiger partial charge in [0.25, 0.3) is 0 Å². The highest BCUT2D eigenvalue weighted by atomic mass is 19.1. The number of likely N-dealkylation sites (N-methyl/N-ethyl adjacent to an activating group) is 1. The summed E-state index contributed by atoms with van der Waals surface area (Å²) in [4.78, 5) is 0. The van der Waals surface area contributed by atoms with Gasteiger partial charge < -0.3 is 29.6 Å². The van der Waals surface area contributed by atoms with Crippen LogP contribution in [-0.2, 0) is 27.2 Å². The molecule has 0 atom stereocenters. The van der Waals surface area contributed by atoms with Gasteiger partial charge in [0.2, 0.25) is 0 Å². The summed E-state index contributed by atoms with van der Waals surface area (Å²) in [5.74, 6) is 1.23. The van der Waals surface area contributed by atoms with Gasteiger partial charge in [-0.2, -0.15) is 5.10 Å². The molecule has 0 fully saturated rings. The zero-order chi connectivity index (χ0) is 24.5. The van der Waals surface area contributed by atoms with Gasteiger partial charge in [0.15, 0.2) is 5.82 Å². The Hall–Kier alpha value is -2.98. The molecule has 1 heterocycles. The topological polar surface area (TPSA) is 78.8 Å². The number of benzene rings is 2. The van der Waals surface area contributed by atoms with E-state index in [4.69, 9.17) is 24.0 Å². The zero-order valence-electron chi connectivity index (χ0n) is 20.3. The van der Waals surface area contributed by atoms with Crippen molar-refractivity contribution in [2.75, 3.05) is 65.7 Å². The highest BCUT2D eigenvalue weighted by molar-refractivity contribution is 5.81. The fourth-order valence-corrected chi connectivity index (χ4v) is 4.05. The van der Waals surface area contributed by atoms with Crippen molar-refractivity contribution >= 4 is 11.5 Å². The Balaban J connectivity index is 1.37. The van der Waals surface area contributed by atoms with Gasteiger partial charge in [-0.1, -0.05) is 12.1 Å². The normalized spacial score (nSPS) is 12.0. The molecular formula is C26H33FN4O4. The Kier molecular flexibility index (Phi) is 9.08. The number of nitrogens with zero attached hydrogens (tertiary/aromatic N) is 2. The molecule has 2 aromatic carbocycles. The van der Waals surface area contributed by atoms with Gasteiger partial charge in [-0.15, -0.1) is 0 Å². The zero-order valence-corrected chi connectivity index (χ0v) is 20.3. The molecule has 35 heavy (non-hydrogen) atoms. The van der Waals surface area contributed by atoms with Gasteiger partial charge in [0.05, 0.1) is 59.0 Å². The van der Waals surface area contributed by atoms with Crippen LogP contribution in [0.25, 0.3) is 11.3 Å². The van der Waals surface area contributed by atoms with Gasteiger partial charge in [-0.3, -0.25) is 4.68 Å². The highest BCUT2D eigenvalue weighted by Crippen LogP contribution is 2.42. The van der Waals surface area contributed by atoms with Gasteiger partial charge in [-0.05, 0) is 42.9 Å². The van der Waals surface area contributed by atoms with Crippen LogP contribution in [0.15, 0.2) is 42.5 Å². The molecule has 2 N–H and O–H groups in total. The molecular weight excluding hydrogens is 451 g/mol. The largest absolute Gasteiger partial charge is 0.497 e. The molecule has 0 saturated carbocycles. The molecule has 0 saturated heterocycles. The molecule has 0 unspecified atom stereocenters. The Labute approximate surface area is 205 Å². The van der Waals surface area contributed by atoms with E-state index in [0.717, 1.165) is 41.4 Å². The van der Waals surface area contributed by atoms with Crippen LogP contribution in [0.5, 0.6) is 5.75 Å². The number of hydrogen-bond donors (Lipinski definition) is 2. The third kappa shape index (κ3) is 6.58. The number of anilines is 2. The lowest BCUT2D eigenvalue weighted by molar-refractivity contribution is 0.0136. The van der Waals surface area contributed by atoms with Crippen LogP contribution in [0.4, 0.5) is 15.9 Å². The van der Waals surface area contributed by atoms with Crippen LogP contribution in [-0.4, -0.2) is 70.1 Å². The summed E-state index contributed by atoms with van der Waals surface area (Å²) in [6, 6.07) is 12.5. The van der Waals surface area contributed by atoms with Crippen molar-refractivity contribution in [3.05, 3.63) is 59.4 Å². The first kappa shape index (κ1) is 25.1. The minimum absolute atomic E-state index is 0.292. The van der Waals surface area contributed by atoms with Crippen LogP contribution >= 0.6 is 0 Å². The van der Waals surface area contributed by atoms with Crippen molar-refractivity contribution in [1.29, 1.82) is 0 Å². The highest BCUT2D eigenvalue weighted by Gasteiger charge is 2.28. The van der Waals surface area contributed by atoms with E-state index in [0.29, 0.717) is 51.9 Å². The standard InChI is InChI=1S/C26H33FN4O4/c1-28-8-10-33-12-14-35-15-13-34-11-9-31-25-23-18-22(32-2)7-6-19(23)16-24(25)26(30-31)29-21-5-3-4-20(27)17-21/h3-7,17-18,28H,8-16H2,1-2H3,(H,29,30). The number of fused-ring (bicyclic) bond motifs is 3. The summed E-state index contributed by atoms with van der Waals surface area (Å²) >= 11 is 0. The Morgan fingerprint density at radius 1 is 0.971 bits per heavy atom. The first-order valence-electron chi connectivity index (χ1n) is 11.9. The van der Waals surface area contributed by atoms with Crippen molar-refractivity contribution in [3.8, 4) is 17.0 Å². The summed E-state index contributed by atoms with van der Waals surface area (Å²) in [6.07, 6.45) is 0.747. The second kappa shape index (κ2) is 12.6. The Morgan fingerprint density at radius 3 is 2.49 bits per heavy atom. The minimum atomic E-state index is -0.292. The summed E-state index contributed by atoms with van der Waals surface area (Å²) in [5.41, 5.74) is 5.09. The summed E-state index contributed by atoms with van der Waals surface area (Å²) in [5, 5.41) is 11.1. The van der Waals surface area contributed by atoms with Crippen molar-refractivity contribution in [2.45, 2.75) is 13.0 Å². The smallest absolute Gasteiger partial charge is 0.156 e. The van der Waals surface area contributed by atoms with E-state index in [1.54, 1.807) is 13.2 Å². The van der Waals surface area contributed by atoms with Crippen molar-refractivity contribution in [1.82, 2.24) is 15.1 Å². The van der Waals surface area contributed by atoms with Crippen LogP contribution < -0.4 is 15.4 Å². The number of ether oxygens (including phenoxy) is 4. The average Bonchev–Trinajstić information content (AvgIpc) is 3.40. The SMILES string of the molecule is CNCCOCCOCCOCCn1nc(Nc2cccc(F)c2)c2c1-c1cc(OC)ccc1C2. The number of aromatic nitrogens is 2. The molecule has 8 nitrogen and oxygen atoms in total. The van der Waals surface area contributed by atoms with Gasteiger partial charge >= 0.3 is 0 Å². The van der Waals surface area contributed by atoms with Crippen LogP contribution in [0.2, 0.25) is 0 Å². The molecule has 0 bridgehead atoms. The van der Waals surface area contributed by atoms with E-state index in [2.05, 4.69) is 16.7 Å². The van der Waals surface area contributed by atoms with E-state index < -0.39 is 0 Å². The maximum Gasteiger partial charge on any atom is 0.156 e. The maximum atomic E-state index is 13.7. The molecule has 4 rings (SSSR count). The first-order valence-corrected chi connectivity index (χ1v) is 11.9. The predicted molar refractivity (Wildman–Crippen MR) is 133 cm³/mol. The van der Waals surface area contributed by atoms with Crippen LogP contribution in [0.1, 0.15) is 11.1 Å². The van der Waals surface area contributed by atoms with Crippen molar-refractivity contribution in [3.63, 3.8) is 0 Å². The van der Waals surface area contributed by atoms with Crippen molar-refractivity contribution in [2.24, 2.45) is 0 Å². The first-order chi connectivity index (χ1) is 17.2. The summed E-state index contributed by atoms with van der Waals surface area (Å²) in [6.45, 7) is 4.72. The molecule has 0 radical (unpaired) electrons. The molecule has 1 aromatic heterocycles. The van der Waals surface area contributed by atoms with Crippen LogP contribution in [0, 0.1) is 5.82 Å². The minimum Gasteiger partial charge on any atom is -0.497 e. The molecule has 0 spiro atoms. The Morgan fingerprint density at radius 2 is 1.74 bits per heavy atom. The molecule has 1 aliphatic carbocycles. The fraction of sp³-hybridized carbons (Fsp3) is 0.423. The monoisotopic (exact) mass is 484 g/mol. The third-order valence-corrected chi connectivity index (χ3v) is 5.77. The predicted octanol–water partition coefficient (Wildman–Crippen LogP) is 3.61. The molecule has 3 aromatic rings. The van der Waals surface area contributed by atoms with Gasteiger partial charge in [0, 0.05) is 29.8 Å². The number of halogens is 1. The average molecular weight is 485 g/mol.